The summed E-state index contributed by atoms with van der Waals surface area (Å²) in [5, 5.41) is 11.3. The predicted molar refractivity (Wildman–Crippen MR) is 73.5 cm³/mol. The van der Waals surface area contributed by atoms with Crippen LogP contribution in [0, 0.1) is 0 Å². The summed E-state index contributed by atoms with van der Waals surface area (Å²) in [6, 6.07) is 7.03. The van der Waals surface area contributed by atoms with Crippen LogP contribution in [0.4, 0.5) is 4.79 Å². The number of benzene rings is 1. The molecular formula is C15H19NO4. The average Bonchev–Trinajstić information content (AvgIpc) is 2.66. The SMILES string of the molecule is CC(C)(C)OC(=O)C1CC(NC(=O)O)c2ccccc21. The summed E-state index contributed by atoms with van der Waals surface area (Å²) < 4.78 is 5.42. The van der Waals surface area contributed by atoms with Crippen molar-refractivity contribution in [2.24, 2.45) is 0 Å². The van der Waals surface area contributed by atoms with E-state index < -0.39 is 17.6 Å². The monoisotopic (exact) mass is 277 g/mol. The minimum absolute atomic E-state index is 0.306. The van der Waals surface area contributed by atoms with Gasteiger partial charge in [0.1, 0.15) is 5.60 Å². The number of rotatable bonds is 2. The average molecular weight is 277 g/mol. The molecule has 0 fully saturated rings. The molecule has 1 aliphatic carbocycles. The smallest absolute Gasteiger partial charge is 0.405 e. The molecule has 5 heteroatoms. The highest BCUT2D eigenvalue weighted by Gasteiger charge is 2.38. The Labute approximate surface area is 117 Å². The Morgan fingerprint density at radius 1 is 1.25 bits per heavy atom. The fraction of sp³-hybridized carbons (Fsp3) is 0.467. The van der Waals surface area contributed by atoms with Gasteiger partial charge in [-0.3, -0.25) is 4.79 Å². The molecule has 5 nitrogen and oxygen atoms in total. The summed E-state index contributed by atoms with van der Waals surface area (Å²) in [4.78, 5) is 23.1. The van der Waals surface area contributed by atoms with Gasteiger partial charge in [-0.25, -0.2) is 4.79 Å². The minimum Gasteiger partial charge on any atom is -0.465 e. The normalized spacial score (nSPS) is 21.1. The molecule has 20 heavy (non-hydrogen) atoms. The molecular weight excluding hydrogens is 258 g/mol. The summed E-state index contributed by atoms with van der Waals surface area (Å²) in [5.74, 6) is -0.720. The van der Waals surface area contributed by atoms with E-state index >= 15 is 0 Å². The summed E-state index contributed by atoms with van der Waals surface area (Å²) in [6.07, 6.45) is -0.685. The number of fused-ring (bicyclic) bond motifs is 1. The van der Waals surface area contributed by atoms with E-state index in [1.54, 1.807) is 0 Å². The molecule has 0 aromatic heterocycles. The molecule has 0 spiro atoms. The van der Waals surface area contributed by atoms with Crippen LogP contribution in [0.3, 0.4) is 0 Å². The molecule has 1 aliphatic rings. The molecule has 1 aromatic rings. The van der Waals surface area contributed by atoms with Crippen molar-refractivity contribution < 1.29 is 19.4 Å². The Morgan fingerprint density at radius 3 is 2.40 bits per heavy atom. The Morgan fingerprint density at radius 2 is 1.85 bits per heavy atom. The standard InChI is InChI=1S/C15H19NO4/c1-15(2,3)20-13(17)11-8-12(16-14(18)19)10-7-5-4-6-9(10)11/h4-7,11-12,16H,8H2,1-3H3,(H,18,19). The molecule has 0 saturated heterocycles. The lowest BCUT2D eigenvalue weighted by atomic mass is 10.0. The van der Waals surface area contributed by atoms with Gasteiger partial charge in [-0.15, -0.1) is 0 Å². The van der Waals surface area contributed by atoms with Crippen molar-refractivity contribution in [2.75, 3.05) is 0 Å². The molecule has 2 rings (SSSR count). The van der Waals surface area contributed by atoms with Crippen LogP contribution in [-0.2, 0) is 9.53 Å². The maximum Gasteiger partial charge on any atom is 0.405 e. The van der Waals surface area contributed by atoms with Crippen molar-refractivity contribution in [3.63, 3.8) is 0 Å². The van der Waals surface area contributed by atoms with Crippen molar-refractivity contribution in [3.05, 3.63) is 35.4 Å². The third-order valence-corrected chi connectivity index (χ3v) is 3.21. The third-order valence-electron chi connectivity index (χ3n) is 3.21. The molecule has 0 saturated carbocycles. The first-order valence-electron chi connectivity index (χ1n) is 6.59. The van der Waals surface area contributed by atoms with E-state index in [9.17, 15) is 9.59 Å². The number of nitrogens with one attached hydrogen (secondary N) is 1. The van der Waals surface area contributed by atoms with E-state index in [0.717, 1.165) is 11.1 Å². The summed E-state index contributed by atoms with van der Waals surface area (Å²) >= 11 is 0. The molecule has 0 aliphatic heterocycles. The zero-order valence-electron chi connectivity index (χ0n) is 11.8. The number of carbonyl (C=O) groups excluding carboxylic acids is 1. The van der Waals surface area contributed by atoms with Gasteiger partial charge >= 0.3 is 12.1 Å². The molecule has 0 radical (unpaired) electrons. The van der Waals surface area contributed by atoms with Crippen molar-refractivity contribution in [1.29, 1.82) is 0 Å². The first-order valence-corrected chi connectivity index (χ1v) is 6.59. The lowest BCUT2D eigenvalue weighted by Gasteiger charge is -2.22. The first-order chi connectivity index (χ1) is 9.28. The summed E-state index contributed by atoms with van der Waals surface area (Å²) in [7, 11) is 0. The van der Waals surface area contributed by atoms with Crippen LogP contribution in [-0.4, -0.2) is 22.8 Å². The topological polar surface area (TPSA) is 75.6 Å². The highest BCUT2D eigenvalue weighted by Crippen LogP contribution is 2.41. The van der Waals surface area contributed by atoms with Crippen molar-refractivity contribution >= 4 is 12.1 Å². The molecule has 1 amide bonds. The fourth-order valence-corrected chi connectivity index (χ4v) is 2.52. The number of carbonyl (C=O) groups is 2. The molecule has 1 aromatic carbocycles. The van der Waals surface area contributed by atoms with Crippen molar-refractivity contribution in [1.82, 2.24) is 5.32 Å². The van der Waals surface area contributed by atoms with E-state index in [2.05, 4.69) is 5.32 Å². The van der Waals surface area contributed by atoms with Crippen LogP contribution in [0.2, 0.25) is 0 Å². The highest BCUT2D eigenvalue weighted by atomic mass is 16.6. The van der Waals surface area contributed by atoms with Gasteiger partial charge in [0.15, 0.2) is 0 Å². The maximum absolute atomic E-state index is 12.3. The van der Waals surface area contributed by atoms with Gasteiger partial charge in [0.2, 0.25) is 0 Å². The van der Waals surface area contributed by atoms with Gasteiger partial charge < -0.3 is 15.2 Å². The Hall–Kier alpha value is -2.04. The second-order valence-electron chi connectivity index (χ2n) is 5.95. The Kier molecular flexibility index (Phi) is 3.70. The van der Waals surface area contributed by atoms with Gasteiger partial charge in [0, 0.05) is 0 Å². The maximum atomic E-state index is 12.3. The van der Waals surface area contributed by atoms with Gasteiger partial charge in [0.25, 0.3) is 0 Å². The molecule has 2 atom stereocenters. The lowest BCUT2D eigenvalue weighted by molar-refractivity contribution is -0.156. The highest BCUT2D eigenvalue weighted by molar-refractivity contribution is 5.81. The van der Waals surface area contributed by atoms with E-state index in [-0.39, 0.29) is 12.0 Å². The van der Waals surface area contributed by atoms with Gasteiger partial charge in [-0.05, 0) is 38.3 Å². The van der Waals surface area contributed by atoms with Crippen molar-refractivity contribution in [3.8, 4) is 0 Å². The van der Waals surface area contributed by atoms with Crippen LogP contribution in [0.5, 0.6) is 0 Å². The number of hydrogen-bond acceptors (Lipinski definition) is 3. The second kappa shape index (κ2) is 5.15. The number of esters is 1. The quantitative estimate of drug-likeness (QED) is 0.815. The Bertz CT molecular complexity index is 533. The number of hydrogen-bond donors (Lipinski definition) is 2. The molecule has 2 N–H and O–H groups in total. The zero-order chi connectivity index (χ0) is 14.9. The van der Waals surface area contributed by atoms with E-state index in [1.165, 1.54) is 0 Å². The molecule has 2 unspecified atom stereocenters. The van der Waals surface area contributed by atoms with Gasteiger partial charge in [-0.1, -0.05) is 24.3 Å². The fourth-order valence-electron chi connectivity index (χ4n) is 2.52. The van der Waals surface area contributed by atoms with Gasteiger partial charge in [-0.2, -0.15) is 0 Å². The van der Waals surface area contributed by atoms with E-state index in [0.29, 0.717) is 6.42 Å². The van der Waals surface area contributed by atoms with Crippen LogP contribution in [0.15, 0.2) is 24.3 Å². The largest absolute Gasteiger partial charge is 0.465 e. The van der Waals surface area contributed by atoms with Crippen LogP contribution in [0.1, 0.15) is 50.3 Å². The zero-order valence-corrected chi connectivity index (χ0v) is 11.8. The summed E-state index contributed by atoms with van der Waals surface area (Å²) in [6.45, 7) is 5.45. The molecule has 0 heterocycles. The van der Waals surface area contributed by atoms with Gasteiger partial charge in [0.05, 0.1) is 12.0 Å². The number of ether oxygens (including phenoxy) is 1. The predicted octanol–water partition coefficient (Wildman–Crippen LogP) is 2.82. The third kappa shape index (κ3) is 3.10. The van der Waals surface area contributed by atoms with Crippen molar-refractivity contribution in [2.45, 2.75) is 44.8 Å². The van der Waals surface area contributed by atoms with E-state index in [1.807, 2.05) is 45.0 Å². The number of amides is 1. The molecule has 108 valence electrons. The van der Waals surface area contributed by atoms with Crippen LogP contribution in [0.25, 0.3) is 0 Å². The van der Waals surface area contributed by atoms with Crippen LogP contribution < -0.4 is 5.32 Å². The molecule has 0 bridgehead atoms. The lowest BCUT2D eigenvalue weighted by Crippen LogP contribution is -2.28. The van der Waals surface area contributed by atoms with Crippen LogP contribution >= 0.6 is 0 Å². The first kappa shape index (κ1) is 14.4. The second-order valence-corrected chi connectivity index (χ2v) is 5.95. The summed E-state index contributed by atoms with van der Waals surface area (Å²) in [5.41, 5.74) is 1.15. The Balaban J connectivity index is 2.25. The number of carboxylic acid groups (broad SMARTS) is 1. The minimum atomic E-state index is -1.09. The van der Waals surface area contributed by atoms with E-state index in [4.69, 9.17) is 9.84 Å².